The van der Waals surface area contributed by atoms with Gasteiger partial charge in [0, 0.05) is 30.5 Å². The number of likely N-dealkylation sites (tertiary alicyclic amines) is 1. The number of rotatable bonds is 4. The lowest BCUT2D eigenvalue weighted by Crippen LogP contribution is -2.43. The molecule has 32 heavy (non-hydrogen) atoms. The van der Waals surface area contributed by atoms with E-state index in [1.165, 1.54) is 10.9 Å². The molecule has 4 aromatic rings. The van der Waals surface area contributed by atoms with Crippen LogP contribution in [0.5, 0.6) is 0 Å². The minimum Gasteiger partial charge on any atom is -0.448 e. The maximum absolute atomic E-state index is 12.8. The normalized spacial score (nSPS) is 14.8. The van der Waals surface area contributed by atoms with E-state index in [9.17, 15) is 14.4 Å². The van der Waals surface area contributed by atoms with E-state index in [0.717, 1.165) is 5.39 Å². The molecule has 1 aromatic carbocycles. The van der Waals surface area contributed by atoms with Crippen LogP contribution in [-0.2, 0) is 16.1 Å². The molecule has 1 saturated heterocycles. The van der Waals surface area contributed by atoms with Gasteiger partial charge in [-0.1, -0.05) is 17.3 Å². The molecule has 10 heteroatoms. The van der Waals surface area contributed by atoms with Gasteiger partial charge in [0.2, 0.25) is 17.4 Å². The molecule has 2 amide bonds. The van der Waals surface area contributed by atoms with Crippen molar-refractivity contribution in [1.29, 1.82) is 0 Å². The first-order chi connectivity index (χ1) is 15.5. The Kier molecular flexibility index (Phi) is 4.96. The summed E-state index contributed by atoms with van der Waals surface area (Å²) >= 11 is 0. The molecule has 1 fully saturated rings. The van der Waals surface area contributed by atoms with E-state index in [2.05, 4.69) is 15.5 Å². The number of aromatic nitrogens is 3. The Balaban J connectivity index is 1.23. The van der Waals surface area contributed by atoms with Gasteiger partial charge in [-0.25, -0.2) is 4.98 Å². The fourth-order valence-corrected chi connectivity index (χ4v) is 4.02. The predicted molar refractivity (Wildman–Crippen MR) is 115 cm³/mol. The molecule has 4 heterocycles. The van der Waals surface area contributed by atoms with Crippen LogP contribution in [0.1, 0.15) is 18.6 Å². The molecule has 0 atom stereocenters. The smallest absolute Gasteiger partial charge is 0.297 e. The second-order valence-electron chi connectivity index (χ2n) is 7.92. The number of nitrogens with zero attached hydrogens (tertiary/aromatic N) is 4. The van der Waals surface area contributed by atoms with Crippen molar-refractivity contribution in [2.45, 2.75) is 26.3 Å². The fourth-order valence-electron chi connectivity index (χ4n) is 4.02. The van der Waals surface area contributed by atoms with Gasteiger partial charge in [0.15, 0.2) is 5.82 Å². The summed E-state index contributed by atoms with van der Waals surface area (Å²) in [5.74, 6) is 0.453. The van der Waals surface area contributed by atoms with Gasteiger partial charge in [-0.2, -0.15) is 0 Å². The van der Waals surface area contributed by atoms with Crippen molar-refractivity contribution in [1.82, 2.24) is 19.6 Å². The minimum atomic E-state index is -0.392. The lowest BCUT2D eigenvalue weighted by atomic mass is 9.96. The number of anilines is 1. The third-order valence-electron chi connectivity index (χ3n) is 5.75. The number of amides is 2. The average Bonchev–Trinajstić information content (AvgIpc) is 3.39. The quantitative estimate of drug-likeness (QED) is 0.522. The zero-order valence-corrected chi connectivity index (χ0v) is 17.4. The van der Waals surface area contributed by atoms with Gasteiger partial charge in [-0.05, 0) is 31.9 Å². The summed E-state index contributed by atoms with van der Waals surface area (Å²) in [4.78, 5) is 44.0. The highest BCUT2D eigenvalue weighted by molar-refractivity contribution is 6.01. The Morgan fingerprint density at radius 2 is 2.00 bits per heavy atom. The van der Waals surface area contributed by atoms with E-state index in [1.807, 2.05) is 18.2 Å². The van der Waals surface area contributed by atoms with Crippen LogP contribution in [-0.4, -0.2) is 44.5 Å². The van der Waals surface area contributed by atoms with Crippen molar-refractivity contribution >= 4 is 39.7 Å². The molecule has 0 spiro atoms. The highest BCUT2D eigenvalue weighted by Gasteiger charge is 2.28. The van der Waals surface area contributed by atoms with E-state index < -0.39 is 5.56 Å². The number of carbonyl (C=O) groups is 2. The predicted octanol–water partition coefficient (Wildman–Crippen LogP) is 2.32. The zero-order valence-electron chi connectivity index (χ0n) is 17.4. The maximum Gasteiger partial charge on any atom is 0.297 e. The van der Waals surface area contributed by atoms with E-state index in [1.54, 1.807) is 24.0 Å². The average molecular weight is 435 g/mol. The number of benzene rings is 1. The van der Waals surface area contributed by atoms with Gasteiger partial charge < -0.3 is 19.2 Å². The van der Waals surface area contributed by atoms with Crippen molar-refractivity contribution in [2.24, 2.45) is 5.92 Å². The second-order valence-corrected chi connectivity index (χ2v) is 7.92. The molecule has 1 N–H and O–H groups in total. The molecule has 1 aliphatic rings. The lowest BCUT2D eigenvalue weighted by molar-refractivity contribution is -0.135. The maximum atomic E-state index is 12.8. The van der Waals surface area contributed by atoms with Crippen molar-refractivity contribution in [2.75, 3.05) is 18.4 Å². The molecule has 0 saturated carbocycles. The third-order valence-corrected chi connectivity index (χ3v) is 5.75. The number of nitrogens with one attached hydrogen (secondary N) is 1. The number of carbonyl (C=O) groups excluding carboxylic acids is 2. The van der Waals surface area contributed by atoms with Crippen LogP contribution in [0.25, 0.3) is 22.1 Å². The first-order valence-corrected chi connectivity index (χ1v) is 10.4. The van der Waals surface area contributed by atoms with Crippen LogP contribution in [0.2, 0.25) is 0 Å². The molecule has 1 aliphatic heterocycles. The summed E-state index contributed by atoms with van der Waals surface area (Å²) in [6, 6.07) is 8.94. The minimum absolute atomic E-state index is 0.131. The van der Waals surface area contributed by atoms with Gasteiger partial charge in [0.05, 0.1) is 6.33 Å². The van der Waals surface area contributed by atoms with Crippen LogP contribution in [0.3, 0.4) is 0 Å². The number of para-hydroxylation sites is 1. The summed E-state index contributed by atoms with van der Waals surface area (Å²) in [6.45, 7) is 2.49. The van der Waals surface area contributed by atoms with Gasteiger partial charge in [0.1, 0.15) is 23.4 Å². The molecular formula is C22H21N5O5. The molecular weight excluding hydrogens is 414 g/mol. The van der Waals surface area contributed by atoms with Gasteiger partial charge in [0.25, 0.3) is 5.56 Å². The van der Waals surface area contributed by atoms with Crippen molar-refractivity contribution in [3.8, 4) is 0 Å². The van der Waals surface area contributed by atoms with Gasteiger partial charge in [-0.3, -0.25) is 19.0 Å². The highest BCUT2D eigenvalue weighted by atomic mass is 16.5. The second kappa shape index (κ2) is 7.95. The fraction of sp³-hybridized carbons (Fsp3) is 0.318. The highest BCUT2D eigenvalue weighted by Crippen LogP contribution is 2.24. The standard InChI is InChI=1S/C22H21N5O5/c1-13-10-17(25-32-13)24-21(29)14-6-8-26(9-7-14)18(28)11-27-12-23-19-15-4-2-3-5-16(15)31-20(19)22(27)30/h2-5,10,12,14H,6-9,11H2,1H3,(H,24,25,29). The molecule has 0 unspecified atom stereocenters. The summed E-state index contributed by atoms with van der Waals surface area (Å²) in [5.41, 5.74) is 0.817. The SMILES string of the molecule is Cc1cc(NC(=O)C2CCN(C(=O)Cn3cnc4c(oc5ccccc54)c3=O)CC2)no1. The Hall–Kier alpha value is -3.95. The zero-order chi connectivity index (χ0) is 22.2. The monoisotopic (exact) mass is 435 g/mol. The van der Waals surface area contributed by atoms with Crippen LogP contribution in [0.15, 0.2) is 50.4 Å². The molecule has 0 radical (unpaired) electrons. The number of hydrogen-bond donors (Lipinski definition) is 1. The number of fused-ring (bicyclic) bond motifs is 3. The number of hydrogen-bond acceptors (Lipinski definition) is 7. The summed E-state index contributed by atoms with van der Waals surface area (Å²) in [5, 5.41) is 7.27. The van der Waals surface area contributed by atoms with Crippen LogP contribution in [0, 0.1) is 12.8 Å². The molecule has 0 aliphatic carbocycles. The van der Waals surface area contributed by atoms with Crippen LogP contribution in [0.4, 0.5) is 5.82 Å². The molecule has 0 bridgehead atoms. The van der Waals surface area contributed by atoms with Crippen molar-refractivity contribution in [3.05, 3.63) is 52.8 Å². The Morgan fingerprint density at radius 1 is 1.22 bits per heavy atom. The largest absolute Gasteiger partial charge is 0.448 e. The number of piperidine rings is 1. The first-order valence-electron chi connectivity index (χ1n) is 10.4. The molecule has 10 nitrogen and oxygen atoms in total. The summed E-state index contributed by atoms with van der Waals surface area (Å²) in [7, 11) is 0. The van der Waals surface area contributed by atoms with Crippen molar-refractivity contribution in [3.63, 3.8) is 0 Å². The Labute approximate surface area is 181 Å². The van der Waals surface area contributed by atoms with Crippen LogP contribution < -0.4 is 10.9 Å². The van der Waals surface area contributed by atoms with E-state index in [-0.39, 0.29) is 29.9 Å². The molecule has 3 aromatic heterocycles. The van der Waals surface area contributed by atoms with E-state index >= 15 is 0 Å². The Morgan fingerprint density at radius 3 is 2.75 bits per heavy atom. The van der Waals surface area contributed by atoms with Gasteiger partial charge in [-0.15, -0.1) is 0 Å². The van der Waals surface area contributed by atoms with E-state index in [0.29, 0.717) is 48.6 Å². The van der Waals surface area contributed by atoms with Crippen LogP contribution >= 0.6 is 0 Å². The molecule has 164 valence electrons. The lowest BCUT2D eigenvalue weighted by Gasteiger charge is -2.31. The summed E-state index contributed by atoms with van der Waals surface area (Å²) < 4.78 is 11.9. The first kappa shape index (κ1) is 20.0. The third kappa shape index (κ3) is 3.64. The van der Waals surface area contributed by atoms with Gasteiger partial charge >= 0.3 is 0 Å². The number of furan rings is 1. The summed E-state index contributed by atoms with van der Waals surface area (Å²) in [6.07, 6.45) is 2.44. The number of aryl methyl sites for hydroxylation is 1. The Bertz CT molecular complexity index is 1380. The van der Waals surface area contributed by atoms with E-state index in [4.69, 9.17) is 8.94 Å². The topological polar surface area (TPSA) is 123 Å². The molecule has 5 rings (SSSR count). The van der Waals surface area contributed by atoms with Crippen molar-refractivity contribution < 1.29 is 18.5 Å².